The third-order valence-electron chi connectivity index (χ3n) is 3.11. The van der Waals surface area contributed by atoms with E-state index in [9.17, 15) is 8.78 Å². The largest absolute Gasteiger partial charge is 0.484 e. The molecule has 2 N–H and O–H groups in total. The zero-order valence-corrected chi connectivity index (χ0v) is 9.72. The van der Waals surface area contributed by atoms with E-state index in [0.717, 1.165) is 37.8 Å². The average Bonchev–Trinajstić information content (AvgIpc) is 2.51. The second-order valence-corrected chi connectivity index (χ2v) is 4.55. The minimum absolute atomic E-state index is 0.0771. The number of nitrogens with two attached hydrogens (primary N) is 1. The summed E-state index contributed by atoms with van der Waals surface area (Å²) in [6, 6.07) is 2.18. The molecule has 1 aromatic carbocycles. The van der Waals surface area contributed by atoms with E-state index in [0.29, 0.717) is 0 Å². The Kier molecular flexibility index (Phi) is 3.82. The number of anilines is 1. The average molecular weight is 241 g/mol. The summed E-state index contributed by atoms with van der Waals surface area (Å²) in [4.78, 5) is 0. The first-order valence-electron chi connectivity index (χ1n) is 6.08. The lowest BCUT2D eigenvalue weighted by molar-refractivity contribution is 0.168. The van der Waals surface area contributed by atoms with Crippen LogP contribution in [-0.2, 0) is 0 Å². The van der Waals surface area contributed by atoms with Gasteiger partial charge in [0, 0.05) is 17.8 Å². The number of nitrogen functional groups attached to an aromatic ring is 1. The van der Waals surface area contributed by atoms with Crippen molar-refractivity contribution in [2.75, 3.05) is 5.73 Å². The van der Waals surface area contributed by atoms with E-state index in [4.69, 9.17) is 10.5 Å². The van der Waals surface area contributed by atoms with Crippen molar-refractivity contribution in [2.24, 2.45) is 0 Å². The van der Waals surface area contributed by atoms with Crippen LogP contribution in [0.25, 0.3) is 0 Å². The molecule has 94 valence electrons. The van der Waals surface area contributed by atoms with E-state index in [-0.39, 0.29) is 17.5 Å². The molecule has 4 heteroatoms. The first-order valence-corrected chi connectivity index (χ1v) is 6.08. The van der Waals surface area contributed by atoms with Crippen molar-refractivity contribution < 1.29 is 13.5 Å². The smallest absolute Gasteiger partial charge is 0.191 e. The van der Waals surface area contributed by atoms with Crippen molar-refractivity contribution in [3.05, 3.63) is 23.8 Å². The Bertz CT molecular complexity index is 364. The zero-order chi connectivity index (χ0) is 12.3. The SMILES string of the molecule is Nc1cc(F)c(OC2CCCCCC2)c(F)c1. The van der Waals surface area contributed by atoms with Crippen LogP contribution in [0.5, 0.6) is 5.75 Å². The van der Waals surface area contributed by atoms with E-state index in [1.54, 1.807) is 0 Å². The highest BCUT2D eigenvalue weighted by molar-refractivity contribution is 5.44. The quantitative estimate of drug-likeness (QED) is 0.633. The molecular formula is C13H17F2NO. The molecular weight excluding hydrogens is 224 g/mol. The minimum atomic E-state index is -0.716. The van der Waals surface area contributed by atoms with Gasteiger partial charge in [-0.2, -0.15) is 0 Å². The van der Waals surface area contributed by atoms with Gasteiger partial charge in [0.15, 0.2) is 17.4 Å². The standard InChI is InChI=1S/C13H17F2NO/c14-11-7-9(16)8-12(15)13(11)17-10-5-3-1-2-4-6-10/h7-8,10H,1-6,16H2. The Hall–Kier alpha value is -1.32. The maximum Gasteiger partial charge on any atom is 0.191 e. The zero-order valence-electron chi connectivity index (χ0n) is 9.72. The van der Waals surface area contributed by atoms with Crippen molar-refractivity contribution in [3.63, 3.8) is 0 Å². The summed E-state index contributed by atoms with van der Waals surface area (Å²) in [5.74, 6) is -1.72. The van der Waals surface area contributed by atoms with Gasteiger partial charge in [0.2, 0.25) is 0 Å². The molecule has 0 saturated heterocycles. The van der Waals surface area contributed by atoms with Crippen molar-refractivity contribution in [1.29, 1.82) is 0 Å². The van der Waals surface area contributed by atoms with Gasteiger partial charge in [-0.3, -0.25) is 0 Å². The summed E-state index contributed by atoms with van der Waals surface area (Å²) in [7, 11) is 0. The normalized spacial score (nSPS) is 17.8. The number of benzene rings is 1. The molecule has 2 nitrogen and oxygen atoms in total. The summed E-state index contributed by atoms with van der Waals surface area (Å²) >= 11 is 0. The molecule has 0 radical (unpaired) electrons. The lowest BCUT2D eigenvalue weighted by Crippen LogP contribution is -2.16. The van der Waals surface area contributed by atoms with Crippen LogP contribution in [0.2, 0.25) is 0 Å². The highest BCUT2D eigenvalue weighted by atomic mass is 19.1. The second kappa shape index (κ2) is 5.34. The van der Waals surface area contributed by atoms with Crippen molar-refractivity contribution in [2.45, 2.75) is 44.6 Å². The van der Waals surface area contributed by atoms with Crippen LogP contribution in [0, 0.1) is 11.6 Å². The van der Waals surface area contributed by atoms with Gasteiger partial charge in [-0.25, -0.2) is 8.78 Å². The molecule has 0 atom stereocenters. The van der Waals surface area contributed by atoms with E-state index >= 15 is 0 Å². The highest BCUT2D eigenvalue weighted by Crippen LogP contribution is 2.28. The van der Waals surface area contributed by atoms with E-state index < -0.39 is 11.6 Å². The van der Waals surface area contributed by atoms with Gasteiger partial charge < -0.3 is 10.5 Å². The number of hydrogen-bond acceptors (Lipinski definition) is 2. The molecule has 1 aliphatic rings. The summed E-state index contributed by atoms with van der Waals surface area (Å²) in [6.45, 7) is 0. The van der Waals surface area contributed by atoms with Crippen LogP contribution in [0.4, 0.5) is 14.5 Å². The van der Waals surface area contributed by atoms with Crippen LogP contribution in [-0.4, -0.2) is 6.10 Å². The number of rotatable bonds is 2. The van der Waals surface area contributed by atoms with Crippen LogP contribution in [0.15, 0.2) is 12.1 Å². The fourth-order valence-electron chi connectivity index (χ4n) is 2.22. The lowest BCUT2D eigenvalue weighted by Gasteiger charge is -2.18. The van der Waals surface area contributed by atoms with Crippen molar-refractivity contribution >= 4 is 5.69 Å². The molecule has 2 rings (SSSR count). The summed E-state index contributed by atoms with van der Waals surface area (Å²) < 4.78 is 32.5. The van der Waals surface area contributed by atoms with Gasteiger partial charge in [0.25, 0.3) is 0 Å². The van der Waals surface area contributed by atoms with Gasteiger partial charge in [0.05, 0.1) is 6.10 Å². The van der Waals surface area contributed by atoms with Crippen LogP contribution in [0.3, 0.4) is 0 Å². The molecule has 17 heavy (non-hydrogen) atoms. The predicted molar refractivity (Wildman–Crippen MR) is 62.9 cm³/mol. The first-order chi connectivity index (χ1) is 8.16. The molecule has 1 fully saturated rings. The Balaban J connectivity index is 2.11. The Morgan fingerprint density at radius 3 is 2.06 bits per heavy atom. The predicted octanol–water partition coefficient (Wildman–Crippen LogP) is 3.65. The number of halogens is 2. The molecule has 1 aliphatic carbocycles. The topological polar surface area (TPSA) is 35.2 Å². The number of hydrogen-bond donors (Lipinski definition) is 1. The molecule has 0 heterocycles. The molecule has 0 bridgehead atoms. The number of ether oxygens (including phenoxy) is 1. The molecule has 1 aromatic rings. The Labute approximate surface area is 99.8 Å². The summed E-state index contributed by atoms with van der Waals surface area (Å²) in [6.07, 6.45) is 6.11. The minimum Gasteiger partial charge on any atom is -0.484 e. The van der Waals surface area contributed by atoms with Crippen LogP contribution < -0.4 is 10.5 Å². The van der Waals surface area contributed by atoms with E-state index in [1.165, 1.54) is 12.8 Å². The Morgan fingerprint density at radius 1 is 1.00 bits per heavy atom. The molecule has 0 spiro atoms. The van der Waals surface area contributed by atoms with E-state index in [1.807, 2.05) is 0 Å². The van der Waals surface area contributed by atoms with Crippen LogP contribution >= 0.6 is 0 Å². The monoisotopic (exact) mass is 241 g/mol. The molecule has 0 aliphatic heterocycles. The maximum absolute atomic E-state index is 13.5. The fraction of sp³-hybridized carbons (Fsp3) is 0.538. The second-order valence-electron chi connectivity index (χ2n) is 4.55. The maximum atomic E-state index is 13.5. The van der Waals surface area contributed by atoms with Gasteiger partial charge in [-0.05, 0) is 25.7 Å². The van der Waals surface area contributed by atoms with Gasteiger partial charge in [-0.1, -0.05) is 12.8 Å². The summed E-state index contributed by atoms with van der Waals surface area (Å²) in [5, 5.41) is 0. The fourth-order valence-corrected chi connectivity index (χ4v) is 2.22. The first kappa shape index (κ1) is 12.1. The van der Waals surface area contributed by atoms with Crippen LogP contribution in [0.1, 0.15) is 38.5 Å². The van der Waals surface area contributed by atoms with Crippen molar-refractivity contribution in [1.82, 2.24) is 0 Å². The lowest BCUT2D eigenvalue weighted by atomic mass is 10.1. The molecule has 0 unspecified atom stereocenters. The highest BCUT2D eigenvalue weighted by Gasteiger charge is 2.19. The third kappa shape index (κ3) is 3.08. The van der Waals surface area contributed by atoms with E-state index in [2.05, 4.69) is 0 Å². The Morgan fingerprint density at radius 2 is 1.53 bits per heavy atom. The molecule has 0 aromatic heterocycles. The summed E-state index contributed by atoms with van der Waals surface area (Å²) in [5.41, 5.74) is 5.43. The molecule has 1 saturated carbocycles. The third-order valence-corrected chi connectivity index (χ3v) is 3.11. The van der Waals surface area contributed by atoms with Gasteiger partial charge in [-0.15, -0.1) is 0 Å². The van der Waals surface area contributed by atoms with Crippen molar-refractivity contribution in [3.8, 4) is 5.75 Å². The van der Waals surface area contributed by atoms with Gasteiger partial charge in [0.1, 0.15) is 0 Å². The molecule has 0 amide bonds. The van der Waals surface area contributed by atoms with Gasteiger partial charge >= 0.3 is 0 Å².